The summed E-state index contributed by atoms with van der Waals surface area (Å²) in [5.41, 5.74) is -2.82. The van der Waals surface area contributed by atoms with Crippen molar-refractivity contribution >= 4 is 21.7 Å². The van der Waals surface area contributed by atoms with Gasteiger partial charge in [-0.05, 0) is 31.5 Å². The second-order valence-electron chi connectivity index (χ2n) is 7.67. The van der Waals surface area contributed by atoms with E-state index in [0.29, 0.717) is 18.8 Å². The van der Waals surface area contributed by atoms with Gasteiger partial charge in [0.15, 0.2) is 10.5 Å². The molecule has 0 amide bonds. The molecule has 3 unspecified atom stereocenters. The number of ether oxygens (including phenoxy) is 2. The van der Waals surface area contributed by atoms with Gasteiger partial charge in [-0.1, -0.05) is 31.5 Å². The lowest BCUT2D eigenvalue weighted by Gasteiger charge is -2.26. The number of alkyl halides is 3. The van der Waals surface area contributed by atoms with Crippen molar-refractivity contribution in [3.63, 3.8) is 0 Å². The number of hydrogen-bond acceptors (Lipinski definition) is 3. The Morgan fingerprint density at radius 1 is 1.14 bits per heavy atom. The SMILES string of the molecule is CCCCOc1ccc([S+]2CCC(OCC(C)(O)C(F)(F)F)C2)c2ccccc12. The molecule has 0 aromatic heterocycles. The van der Waals surface area contributed by atoms with Crippen LogP contribution in [0.3, 0.4) is 0 Å². The smallest absolute Gasteiger partial charge is 0.419 e. The summed E-state index contributed by atoms with van der Waals surface area (Å²) in [4.78, 5) is 1.21. The lowest BCUT2D eigenvalue weighted by molar-refractivity contribution is -0.270. The molecule has 7 heteroatoms. The lowest BCUT2D eigenvalue weighted by Crippen LogP contribution is -2.47. The second-order valence-corrected chi connectivity index (χ2v) is 9.83. The normalized spacial score (nSPS) is 22.0. The van der Waals surface area contributed by atoms with Crippen LogP contribution in [0.5, 0.6) is 5.75 Å². The Labute approximate surface area is 172 Å². The van der Waals surface area contributed by atoms with Gasteiger partial charge in [-0.3, -0.25) is 0 Å². The molecular formula is C22H28F3O3S+. The van der Waals surface area contributed by atoms with Crippen LogP contribution < -0.4 is 4.74 Å². The molecule has 1 heterocycles. The molecule has 0 spiro atoms. The number of aliphatic hydroxyl groups is 1. The molecule has 2 aromatic carbocycles. The van der Waals surface area contributed by atoms with E-state index in [1.165, 1.54) is 4.90 Å². The first-order valence-corrected chi connectivity index (χ1v) is 11.5. The molecule has 1 saturated heterocycles. The number of fused-ring (bicyclic) bond motifs is 1. The minimum Gasteiger partial charge on any atom is -0.493 e. The first-order valence-electron chi connectivity index (χ1n) is 9.95. The van der Waals surface area contributed by atoms with Crippen LogP contribution in [0.2, 0.25) is 0 Å². The fourth-order valence-electron chi connectivity index (χ4n) is 3.31. The molecule has 29 heavy (non-hydrogen) atoms. The predicted molar refractivity (Wildman–Crippen MR) is 111 cm³/mol. The number of unbranched alkanes of at least 4 members (excludes halogenated alkanes) is 1. The highest BCUT2D eigenvalue weighted by molar-refractivity contribution is 7.97. The molecule has 160 valence electrons. The van der Waals surface area contributed by atoms with Crippen LogP contribution in [-0.4, -0.2) is 47.7 Å². The number of benzene rings is 2. The van der Waals surface area contributed by atoms with Crippen LogP contribution in [0.25, 0.3) is 10.8 Å². The maximum Gasteiger partial charge on any atom is 0.419 e. The van der Waals surface area contributed by atoms with Crippen LogP contribution in [0.15, 0.2) is 41.3 Å². The molecule has 2 aromatic rings. The van der Waals surface area contributed by atoms with Gasteiger partial charge >= 0.3 is 6.18 Å². The fraction of sp³-hybridized carbons (Fsp3) is 0.545. The van der Waals surface area contributed by atoms with Crippen LogP contribution in [0.4, 0.5) is 13.2 Å². The first-order chi connectivity index (χ1) is 13.7. The average molecular weight is 430 g/mol. The molecule has 1 aliphatic heterocycles. The number of rotatable bonds is 8. The van der Waals surface area contributed by atoms with E-state index in [4.69, 9.17) is 9.47 Å². The molecule has 3 rings (SSSR count). The minimum absolute atomic E-state index is 0.104. The molecule has 0 radical (unpaired) electrons. The van der Waals surface area contributed by atoms with Crippen molar-refractivity contribution in [2.75, 3.05) is 24.7 Å². The van der Waals surface area contributed by atoms with Gasteiger partial charge in [0.25, 0.3) is 0 Å². The second kappa shape index (κ2) is 9.14. The van der Waals surface area contributed by atoms with E-state index in [-0.39, 0.29) is 17.0 Å². The van der Waals surface area contributed by atoms with E-state index in [9.17, 15) is 18.3 Å². The Bertz CT molecular complexity index is 823. The summed E-state index contributed by atoms with van der Waals surface area (Å²) < 4.78 is 49.9. The van der Waals surface area contributed by atoms with Crippen molar-refractivity contribution < 1.29 is 27.8 Å². The van der Waals surface area contributed by atoms with E-state index in [0.717, 1.165) is 42.0 Å². The summed E-state index contributed by atoms with van der Waals surface area (Å²) in [6.45, 7) is 2.83. The van der Waals surface area contributed by atoms with Gasteiger partial charge in [-0.15, -0.1) is 0 Å². The summed E-state index contributed by atoms with van der Waals surface area (Å²) in [6, 6.07) is 12.2. The van der Waals surface area contributed by atoms with E-state index in [2.05, 4.69) is 19.1 Å². The summed E-state index contributed by atoms with van der Waals surface area (Å²) in [5, 5.41) is 11.8. The van der Waals surface area contributed by atoms with Crippen molar-refractivity contribution in [3.8, 4) is 5.75 Å². The quantitative estimate of drug-likeness (QED) is 0.469. The van der Waals surface area contributed by atoms with E-state index < -0.39 is 18.4 Å². The van der Waals surface area contributed by atoms with Crippen LogP contribution in [0, 0.1) is 0 Å². The largest absolute Gasteiger partial charge is 0.493 e. The molecule has 1 fully saturated rings. The molecule has 3 nitrogen and oxygen atoms in total. The van der Waals surface area contributed by atoms with Gasteiger partial charge < -0.3 is 14.6 Å². The summed E-state index contributed by atoms with van der Waals surface area (Å²) in [7, 11) is -0.104. The fourth-order valence-corrected chi connectivity index (χ4v) is 5.88. The average Bonchev–Trinajstić information content (AvgIpc) is 3.15. The van der Waals surface area contributed by atoms with Gasteiger partial charge in [-0.2, -0.15) is 13.2 Å². The van der Waals surface area contributed by atoms with Gasteiger partial charge in [0, 0.05) is 28.1 Å². The van der Waals surface area contributed by atoms with E-state index in [1.54, 1.807) is 0 Å². The molecule has 0 aliphatic carbocycles. The Balaban J connectivity index is 1.71. The zero-order chi connectivity index (χ0) is 21.1. The number of hydrogen-bond donors (Lipinski definition) is 1. The Hall–Kier alpha value is -1.44. The summed E-state index contributed by atoms with van der Waals surface area (Å²) in [5.74, 6) is 2.42. The van der Waals surface area contributed by atoms with Crippen molar-refractivity contribution in [3.05, 3.63) is 36.4 Å². The summed E-state index contributed by atoms with van der Waals surface area (Å²) in [6.07, 6.45) is -2.20. The Kier molecular flexibility index (Phi) is 7.02. The van der Waals surface area contributed by atoms with Crippen molar-refractivity contribution in [1.29, 1.82) is 0 Å². The van der Waals surface area contributed by atoms with E-state index in [1.807, 2.05) is 24.3 Å². The molecule has 3 atom stereocenters. The van der Waals surface area contributed by atoms with Crippen LogP contribution in [-0.2, 0) is 15.6 Å². The third-order valence-corrected chi connectivity index (χ3v) is 7.68. The maximum absolute atomic E-state index is 12.8. The monoisotopic (exact) mass is 429 g/mol. The van der Waals surface area contributed by atoms with Crippen molar-refractivity contribution in [1.82, 2.24) is 0 Å². The molecule has 0 saturated carbocycles. The number of halogens is 3. The highest BCUT2D eigenvalue weighted by atomic mass is 32.2. The molecular weight excluding hydrogens is 401 g/mol. The third-order valence-electron chi connectivity index (χ3n) is 5.19. The molecule has 1 aliphatic rings. The highest BCUT2D eigenvalue weighted by Gasteiger charge is 2.51. The molecule has 1 N–H and O–H groups in total. The van der Waals surface area contributed by atoms with Crippen molar-refractivity contribution in [2.24, 2.45) is 0 Å². The van der Waals surface area contributed by atoms with E-state index >= 15 is 0 Å². The molecule has 0 bridgehead atoms. The Morgan fingerprint density at radius 2 is 1.86 bits per heavy atom. The minimum atomic E-state index is -4.70. The summed E-state index contributed by atoms with van der Waals surface area (Å²) >= 11 is 0. The topological polar surface area (TPSA) is 38.7 Å². The van der Waals surface area contributed by atoms with Gasteiger partial charge in [0.1, 0.15) is 23.4 Å². The first kappa shape index (κ1) is 22.2. The lowest BCUT2D eigenvalue weighted by atomic mass is 10.1. The zero-order valence-corrected chi connectivity index (χ0v) is 17.6. The van der Waals surface area contributed by atoms with Gasteiger partial charge in [-0.25, -0.2) is 0 Å². The third kappa shape index (κ3) is 5.19. The maximum atomic E-state index is 12.8. The highest BCUT2D eigenvalue weighted by Crippen LogP contribution is 2.36. The van der Waals surface area contributed by atoms with Crippen LogP contribution in [0.1, 0.15) is 33.1 Å². The van der Waals surface area contributed by atoms with Crippen molar-refractivity contribution in [2.45, 2.75) is 55.9 Å². The van der Waals surface area contributed by atoms with Gasteiger partial charge in [0.05, 0.1) is 13.2 Å². The Morgan fingerprint density at radius 3 is 2.55 bits per heavy atom. The standard InChI is InChI=1S/C22H28F3O3S/c1-3-4-12-27-19-9-10-20(18-8-6-5-7-17(18)19)29-13-11-16(14-29)28-15-21(2,26)22(23,24)25/h5-10,16,26H,3-4,11-15H2,1-2H3/q+1. The van der Waals surface area contributed by atoms with Gasteiger partial charge in [0.2, 0.25) is 0 Å². The predicted octanol–water partition coefficient (Wildman–Crippen LogP) is 5.10. The van der Waals surface area contributed by atoms with Crippen LogP contribution >= 0.6 is 0 Å². The zero-order valence-electron chi connectivity index (χ0n) is 16.8.